The number of rotatable bonds is 9. The Labute approximate surface area is 437 Å². The molecular formula is C57H42N3O16P. The largest absolute Gasteiger partial charge is 0.647 e. The topological polar surface area (TPSA) is 215 Å². The van der Waals surface area contributed by atoms with Crippen molar-refractivity contribution in [1.82, 2.24) is 0 Å². The van der Waals surface area contributed by atoms with Crippen LogP contribution < -0.4 is 57.9 Å². The van der Waals surface area contributed by atoms with Crippen LogP contribution in [0, 0.1) is 0 Å². The minimum Gasteiger partial charge on any atom is -0.456 e. The lowest BCUT2D eigenvalue weighted by molar-refractivity contribution is -0.137. The van der Waals surface area contributed by atoms with Gasteiger partial charge < -0.3 is 72.2 Å². The maximum absolute atomic E-state index is 16.1. The van der Waals surface area contributed by atoms with Crippen LogP contribution in [0.2, 0.25) is 0 Å². The van der Waals surface area contributed by atoms with E-state index in [1.165, 1.54) is 0 Å². The Hall–Kier alpha value is -9.22. The zero-order chi connectivity index (χ0) is 52.2. The third kappa shape index (κ3) is 6.55. The molecule has 77 heavy (non-hydrogen) atoms. The van der Waals surface area contributed by atoms with Gasteiger partial charge in [0.1, 0.15) is 37.1 Å². The first-order valence-electron chi connectivity index (χ1n) is 24.6. The van der Waals surface area contributed by atoms with E-state index in [4.69, 9.17) is 56.2 Å². The van der Waals surface area contributed by atoms with Crippen LogP contribution in [0.4, 0.5) is 17.1 Å². The van der Waals surface area contributed by atoms with Gasteiger partial charge in [-0.15, -0.1) is 0 Å². The number of ether oxygens (including phenoxy) is 9. The molecule has 0 spiro atoms. The standard InChI is InChI=1S/C57H42N3O16P/c1-55(34-16-43-46(71-25-68-43)19-37(34)58-40-22-65-52(61)49(40)55)28-7-4-10-31(13-28)74-77(64,75-32-11-5-8-29(14-32)56(2)35-17-44-47(72-26-69-44)20-38(35)59-41-23-66-53(62)50(41)56)76-33-12-6-9-30(15-33)57(3)36-18-45-48(73-27-70-45)21-39(36)60-42-24-67-54(63)51(42)57/h4-21,58-60H,22-27H2,1-3H3. The van der Waals surface area contributed by atoms with Crippen molar-refractivity contribution >= 4 is 42.8 Å². The zero-order valence-electron chi connectivity index (χ0n) is 41.1. The van der Waals surface area contributed by atoms with Gasteiger partial charge in [0.2, 0.25) is 20.4 Å². The van der Waals surface area contributed by atoms with E-state index in [1.54, 1.807) is 54.6 Å². The second-order valence-electron chi connectivity index (χ2n) is 20.1. The second-order valence-corrected chi connectivity index (χ2v) is 21.5. The van der Waals surface area contributed by atoms with Crippen molar-refractivity contribution in [3.63, 3.8) is 0 Å². The molecule has 0 aliphatic carbocycles. The van der Waals surface area contributed by atoms with Crippen molar-refractivity contribution in [3.8, 4) is 51.7 Å². The Morgan fingerprint density at radius 1 is 0.403 bits per heavy atom. The number of phosphoric ester groups is 1. The molecule has 0 bridgehead atoms. The molecule has 0 amide bonds. The molecule has 0 radical (unpaired) electrons. The van der Waals surface area contributed by atoms with Crippen molar-refractivity contribution < 1.29 is 75.2 Å². The summed E-state index contributed by atoms with van der Waals surface area (Å²) in [6, 6.07) is 31.5. The number of anilines is 3. The highest BCUT2D eigenvalue weighted by Crippen LogP contribution is 2.58. The molecule has 6 aromatic carbocycles. The van der Waals surface area contributed by atoms with Gasteiger partial charge in [0.05, 0.1) is 50.1 Å². The fourth-order valence-corrected chi connectivity index (χ4v) is 13.5. The van der Waals surface area contributed by atoms with E-state index in [9.17, 15) is 14.4 Å². The number of fused-ring (bicyclic) bond motifs is 6. The number of phosphoric acid groups is 1. The Bertz CT molecular complexity index is 3490. The van der Waals surface area contributed by atoms with Crippen molar-refractivity contribution in [2.24, 2.45) is 0 Å². The van der Waals surface area contributed by atoms with E-state index < -0.39 is 42.0 Å². The minimum atomic E-state index is -4.92. The highest BCUT2D eigenvalue weighted by Gasteiger charge is 2.52. The summed E-state index contributed by atoms with van der Waals surface area (Å²) in [5.74, 6) is 1.83. The van der Waals surface area contributed by atoms with Crippen LogP contribution in [0.1, 0.15) is 54.2 Å². The van der Waals surface area contributed by atoms with E-state index in [1.807, 2.05) is 75.4 Å². The molecule has 0 aromatic heterocycles. The lowest BCUT2D eigenvalue weighted by Gasteiger charge is -2.37. The zero-order valence-corrected chi connectivity index (χ0v) is 42.0. The molecule has 6 aromatic rings. The van der Waals surface area contributed by atoms with Crippen LogP contribution in [-0.4, -0.2) is 58.1 Å². The molecule has 3 unspecified atom stereocenters. The van der Waals surface area contributed by atoms with Crippen LogP contribution in [0.25, 0.3) is 0 Å². The molecule has 3 N–H and O–H groups in total. The quantitative estimate of drug-likeness (QED) is 0.0699. The number of nitrogens with one attached hydrogen (secondary N) is 3. The molecule has 15 rings (SSSR count). The monoisotopic (exact) mass is 1060 g/mol. The molecule has 0 saturated carbocycles. The lowest BCUT2D eigenvalue weighted by Crippen LogP contribution is -2.35. The third-order valence-electron chi connectivity index (χ3n) is 16.0. The molecule has 20 heteroatoms. The second kappa shape index (κ2) is 15.9. The SMILES string of the molecule is CC1(c2cccc(OP(=O)(Oc3cccc(C4(C)C5=C(COC5=O)Nc5cc6c(cc54)OCO6)c3)Oc3cccc(C4(C)C5=C(COC5=O)Nc5cc6c(cc54)OCO6)c3)c2)C2=C(COC2=O)Nc2cc3c(cc21)OCO3. The Morgan fingerprint density at radius 3 is 0.987 bits per heavy atom. The van der Waals surface area contributed by atoms with E-state index in [-0.39, 0.29) is 57.4 Å². The number of esters is 3. The van der Waals surface area contributed by atoms with Crippen LogP contribution in [0.15, 0.2) is 143 Å². The first-order valence-corrected chi connectivity index (χ1v) is 26.1. The van der Waals surface area contributed by atoms with Gasteiger partial charge in [0.25, 0.3) is 0 Å². The highest BCUT2D eigenvalue weighted by molar-refractivity contribution is 7.49. The average Bonchev–Trinajstić information content (AvgIpc) is 4.45. The van der Waals surface area contributed by atoms with Gasteiger partial charge in [-0.25, -0.2) is 14.4 Å². The number of carbonyl (C=O) groups is 3. The van der Waals surface area contributed by atoms with Gasteiger partial charge in [-0.1, -0.05) is 36.4 Å². The highest BCUT2D eigenvalue weighted by atomic mass is 31.2. The van der Waals surface area contributed by atoms with E-state index in [0.717, 1.165) is 0 Å². The van der Waals surface area contributed by atoms with Gasteiger partial charge in [-0.3, -0.25) is 0 Å². The molecule has 0 fully saturated rings. The molecule has 9 heterocycles. The summed E-state index contributed by atoms with van der Waals surface area (Å²) in [5, 5.41) is 10.1. The molecule has 0 saturated heterocycles. The minimum absolute atomic E-state index is 0.0273. The van der Waals surface area contributed by atoms with Crippen molar-refractivity contribution in [3.05, 3.63) is 176 Å². The first kappa shape index (κ1) is 45.2. The summed E-state index contributed by atoms with van der Waals surface area (Å²) in [6.45, 7) is 5.91. The van der Waals surface area contributed by atoms with E-state index in [0.29, 0.717) is 119 Å². The van der Waals surface area contributed by atoms with Crippen LogP contribution >= 0.6 is 7.82 Å². The van der Waals surface area contributed by atoms with Crippen LogP contribution in [0.3, 0.4) is 0 Å². The Morgan fingerprint density at radius 2 is 0.688 bits per heavy atom. The van der Waals surface area contributed by atoms with Crippen molar-refractivity contribution in [2.75, 3.05) is 56.1 Å². The summed E-state index contributed by atoms with van der Waals surface area (Å²) in [7, 11) is -4.92. The first-order chi connectivity index (χ1) is 37.3. The molecule has 9 aliphatic rings. The number of hydrogen-bond donors (Lipinski definition) is 3. The fourth-order valence-electron chi connectivity index (χ4n) is 12.2. The molecule has 386 valence electrons. The van der Waals surface area contributed by atoms with Gasteiger partial charge in [0.15, 0.2) is 34.5 Å². The van der Waals surface area contributed by atoms with Crippen molar-refractivity contribution in [2.45, 2.75) is 37.0 Å². The molecule has 3 atom stereocenters. The van der Waals surface area contributed by atoms with Gasteiger partial charge in [-0.05, 0) is 109 Å². The smallest absolute Gasteiger partial charge is 0.456 e. The number of hydrogen-bond acceptors (Lipinski definition) is 19. The molecular weight excluding hydrogens is 1010 g/mol. The Balaban J connectivity index is 0.850. The summed E-state index contributed by atoms with van der Waals surface area (Å²) < 4.78 is 87.2. The predicted octanol–water partition coefficient (Wildman–Crippen LogP) is 9.14. The maximum Gasteiger partial charge on any atom is 0.647 e. The van der Waals surface area contributed by atoms with Crippen LogP contribution in [0.5, 0.6) is 51.7 Å². The number of carbonyl (C=O) groups excluding carboxylic acids is 3. The van der Waals surface area contributed by atoms with Gasteiger partial charge in [-0.2, -0.15) is 4.57 Å². The lowest BCUT2D eigenvalue weighted by atomic mass is 9.68. The summed E-state index contributed by atoms with van der Waals surface area (Å²) in [5.41, 5.74) is 5.32. The average molecular weight is 1060 g/mol. The fraction of sp³-hybridized carbons (Fsp3) is 0.211. The predicted molar refractivity (Wildman–Crippen MR) is 271 cm³/mol. The summed E-state index contributed by atoms with van der Waals surface area (Å²) >= 11 is 0. The Kier molecular flexibility index (Phi) is 9.34. The summed E-state index contributed by atoms with van der Waals surface area (Å²) in [6.07, 6.45) is 0. The molecule has 19 nitrogen and oxygen atoms in total. The maximum atomic E-state index is 16.1. The summed E-state index contributed by atoms with van der Waals surface area (Å²) in [4.78, 5) is 41.1. The third-order valence-corrected chi connectivity index (χ3v) is 17.3. The van der Waals surface area contributed by atoms with E-state index in [2.05, 4.69) is 16.0 Å². The van der Waals surface area contributed by atoms with E-state index >= 15 is 4.57 Å². The van der Waals surface area contributed by atoms with Crippen LogP contribution in [-0.2, 0) is 49.4 Å². The number of cyclic esters (lactones) is 3. The number of benzene rings is 6. The van der Waals surface area contributed by atoms with Gasteiger partial charge in [0, 0.05) is 35.3 Å². The van der Waals surface area contributed by atoms with Crippen molar-refractivity contribution in [1.29, 1.82) is 0 Å². The molecule has 9 aliphatic heterocycles. The normalized spacial score (nSPS) is 23.9. The van der Waals surface area contributed by atoms with Gasteiger partial charge >= 0.3 is 25.7 Å².